The van der Waals surface area contributed by atoms with Crippen LogP contribution < -0.4 is 5.32 Å². The maximum absolute atomic E-state index is 13.6. The number of aromatic nitrogens is 2. The minimum absolute atomic E-state index is 0.149. The summed E-state index contributed by atoms with van der Waals surface area (Å²) < 4.78 is 27.0. The Bertz CT molecular complexity index is 861. The van der Waals surface area contributed by atoms with Crippen molar-refractivity contribution in [2.45, 2.75) is 6.92 Å². The number of amides is 1. The van der Waals surface area contributed by atoms with Crippen LogP contribution in [0.5, 0.6) is 0 Å². The topological polar surface area (TPSA) is 55.6 Å². The van der Waals surface area contributed by atoms with Gasteiger partial charge in [-0.15, -0.1) is 0 Å². The molecule has 2 heterocycles. The standard InChI is InChI=1S/C15H11F2N3O2/c1-9-11(3-2-4-12(9)16)10-5-6-14-18-13(8-20(14)7-10)19-15(21)22-17/h2-8H,1H3,(H,19,21). The van der Waals surface area contributed by atoms with Crippen molar-refractivity contribution in [2.75, 3.05) is 5.32 Å². The Morgan fingerprint density at radius 3 is 2.86 bits per heavy atom. The van der Waals surface area contributed by atoms with Gasteiger partial charge in [-0.25, -0.2) is 19.1 Å². The molecule has 0 saturated carbocycles. The number of carbonyl (C=O) groups excluding carboxylic acids is 1. The first-order valence-corrected chi connectivity index (χ1v) is 6.42. The van der Waals surface area contributed by atoms with E-state index in [2.05, 4.69) is 15.2 Å². The Morgan fingerprint density at radius 1 is 1.27 bits per heavy atom. The summed E-state index contributed by atoms with van der Waals surface area (Å²) in [6.45, 7) is 1.70. The highest BCUT2D eigenvalue weighted by atomic mass is 19.3. The monoisotopic (exact) mass is 303 g/mol. The molecule has 0 fully saturated rings. The molecule has 0 bridgehead atoms. The first-order valence-electron chi connectivity index (χ1n) is 6.42. The SMILES string of the molecule is Cc1c(F)cccc1-c1ccc2nc(NC(=O)OF)cn2c1. The van der Waals surface area contributed by atoms with E-state index >= 15 is 0 Å². The second-order valence-corrected chi connectivity index (χ2v) is 4.71. The summed E-state index contributed by atoms with van der Waals surface area (Å²) in [4.78, 5) is 17.9. The van der Waals surface area contributed by atoms with Gasteiger partial charge in [-0.05, 0) is 41.8 Å². The predicted octanol–water partition coefficient (Wildman–Crippen LogP) is 3.88. The van der Waals surface area contributed by atoms with Gasteiger partial charge in [0, 0.05) is 10.7 Å². The third-order valence-corrected chi connectivity index (χ3v) is 3.33. The number of hydrogen-bond donors (Lipinski definition) is 1. The second kappa shape index (κ2) is 5.44. The number of fused-ring (bicyclic) bond motifs is 1. The van der Waals surface area contributed by atoms with Gasteiger partial charge in [-0.2, -0.15) is 0 Å². The third kappa shape index (κ3) is 2.48. The van der Waals surface area contributed by atoms with Crippen LogP contribution in [-0.4, -0.2) is 15.5 Å². The van der Waals surface area contributed by atoms with Gasteiger partial charge in [0.25, 0.3) is 0 Å². The summed E-state index contributed by atoms with van der Waals surface area (Å²) in [7, 11) is 0. The quantitative estimate of drug-likeness (QED) is 0.781. The molecule has 0 saturated heterocycles. The van der Waals surface area contributed by atoms with Crippen molar-refractivity contribution in [2.24, 2.45) is 0 Å². The summed E-state index contributed by atoms with van der Waals surface area (Å²) in [5.41, 5.74) is 2.64. The van der Waals surface area contributed by atoms with Crippen molar-refractivity contribution in [1.82, 2.24) is 9.38 Å². The van der Waals surface area contributed by atoms with Crippen LogP contribution in [0.4, 0.5) is 19.5 Å². The van der Waals surface area contributed by atoms with Gasteiger partial charge < -0.3 is 4.40 Å². The number of nitrogens with one attached hydrogen (secondary N) is 1. The summed E-state index contributed by atoms with van der Waals surface area (Å²) in [5.74, 6) is -0.132. The van der Waals surface area contributed by atoms with E-state index in [0.29, 0.717) is 11.2 Å². The number of rotatable bonds is 2. The van der Waals surface area contributed by atoms with Crippen molar-refractivity contribution < 1.29 is 18.7 Å². The highest BCUT2D eigenvalue weighted by Crippen LogP contribution is 2.25. The fraction of sp³-hybridized carbons (Fsp3) is 0.0667. The maximum atomic E-state index is 13.6. The van der Waals surface area contributed by atoms with Crippen LogP contribution in [0.2, 0.25) is 0 Å². The molecule has 0 atom stereocenters. The van der Waals surface area contributed by atoms with Crippen LogP contribution in [0.3, 0.4) is 0 Å². The Kier molecular flexibility index (Phi) is 3.46. The third-order valence-electron chi connectivity index (χ3n) is 3.33. The predicted molar refractivity (Wildman–Crippen MR) is 76.5 cm³/mol. The highest BCUT2D eigenvalue weighted by molar-refractivity contribution is 5.83. The lowest BCUT2D eigenvalue weighted by molar-refractivity contribution is -0.0544. The number of anilines is 1. The molecule has 1 amide bonds. The maximum Gasteiger partial charge on any atom is 0.450 e. The molecule has 0 aliphatic heterocycles. The zero-order valence-electron chi connectivity index (χ0n) is 11.5. The molecule has 1 N–H and O–H groups in total. The minimum Gasteiger partial charge on any atom is -0.304 e. The van der Waals surface area contributed by atoms with Crippen molar-refractivity contribution in [1.29, 1.82) is 0 Å². The Morgan fingerprint density at radius 2 is 2.09 bits per heavy atom. The van der Waals surface area contributed by atoms with E-state index in [9.17, 15) is 13.7 Å². The van der Waals surface area contributed by atoms with Crippen molar-refractivity contribution in [3.05, 3.63) is 54.1 Å². The first-order chi connectivity index (χ1) is 10.6. The van der Waals surface area contributed by atoms with E-state index in [4.69, 9.17) is 0 Å². The molecule has 22 heavy (non-hydrogen) atoms. The fourth-order valence-electron chi connectivity index (χ4n) is 2.26. The summed E-state index contributed by atoms with van der Waals surface area (Å²) in [6, 6.07) is 8.36. The van der Waals surface area contributed by atoms with E-state index in [-0.39, 0.29) is 11.6 Å². The molecule has 112 valence electrons. The Hall–Kier alpha value is -2.96. The van der Waals surface area contributed by atoms with Crippen LogP contribution in [-0.2, 0) is 4.94 Å². The normalized spacial score (nSPS) is 10.7. The summed E-state index contributed by atoms with van der Waals surface area (Å²) in [5, 5.41) is 2.13. The number of nitrogens with zero attached hydrogens (tertiary/aromatic N) is 2. The molecule has 0 aliphatic rings. The fourth-order valence-corrected chi connectivity index (χ4v) is 2.26. The molecule has 5 nitrogen and oxygen atoms in total. The first kappa shape index (κ1) is 14.0. The smallest absolute Gasteiger partial charge is 0.304 e. The van der Waals surface area contributed by atoms with E-state index in [1.165, 1.54) is 12.3 Å². The van der Waals surface area contributed by atoms with Crippen molar-refractivity contribution in [3.63, 3.8) is 0 Å². The van der Waals surface area contributed by atoms with E-state index in [1.54, 1.807) is 35.7 Å². The minimum atomic E-state index is -1.25. The molecular formula is C15H11F2N3O2. The molecule has 0 aliphatic carbocycles. The van der Waals surface area contributed by atoms with Crippen LogP contribution in [0.25, 0.3) is 16.8 Å². The molecule has 3 aromatic rings. The number of carbonyl (C=O) groups is 1. The van der Waals surface area contributed by atoms with Gasteiger partial charge in [0.2, 0.25) is 0 Å². The summed E-state index contributed by atoms with van der Waals surface area (Å²) in [6.07, 6.45) is 2.00. The average molecular weight is 303 g/mol. The van der Waals surface area contributed by atoms with Crippen molar-refractivity contribution in [3.8, 4) is 11.1 Å². The molecule has 0 radical (unpaired) electrons. The molecule has 0 unspecified atom stereocenters. The van der Waals surface area contributed by atoms with E-state index in [1.807, 2.05) is 6.07 Å². The summed E-state index contributed by atoms with van der Waals surface area (Å²) >= 11 is 0. The van der Waals surface area contributed by atoms with Crippen LogP contribution in [0.1, 0.15) is 5.56 Å². The van der Waals surface area contributed by atoms with Crippen LogP contribution in [0.15, 0.2) is 42.7 Å². The number of imidazole rings is 1. The average Bonchev–Trinajstić information content (AvgIpc) is 2.91. The van der Waals surface area contributed by atoms with Gasteiger partial charge in [0.05, 0.1) is 6.20 Å². The van der Waals surface area contributed by atoms with Crippen LogP contribution in [0, 0.1) is 12.7 Å². The lowest BCUT2D eigenvalue weighted by Crippen LogP contribution is -2.09. The Balaban J connectivity index is 2.02. The molecule has 2 aromatic heterocycles. The zero-order valence-corrected chi connectivity index (χ0v) is 11.5. The zero-order chi connectivity index (χ0) is 15.7. The largest absolute Gasteiger partial charge is 0.450 e. The lowest BCUT2D eigenvalue weighted by Gasteiger charge is -2.07. The number of pyridine rings is 1. The van der Waals surface area contributed by atoms with Crippen LogP contribution >= 0.6 is 0 Å². The van der Waals surface area contributed by atoms with Gasteiger partial charge in [-0.1, -0.05) is 12.1 Å². The Labute approximate surface area is 124 Å². The second-order valence-electron chi connectivity index (χ2n) is 4.71. The molecule has 7 heteroatoms. The van der Waals surface area contributed by atoms with Gasteiger partial charge in [0.15, 0.2) is 5.82 Å². The number of halogens is 2. The van der Waals surface area contributed by atoms with Gasteiger partial charge in [-0.3, -0.25) is 5.32 Å². The molecule has 1 aromatic carbocycles. The highest BCUT2D eigenvalue weighted by Gasteiger charge is 2.10. The van der Waals surface area contributed by atoms with E-state index < -0.39 is 6.09 Å². The lowest BCUT2D eigenvalue weighted by atomic mass is 10.0. The molecular weight excluding hydrogens is 292 g/mol. The van der Waals surface area contributed by atoms with Gasteiger partial charge in [0.1, 0.15) is 11.5 Å². The molecule has 0 spiro atoms. The van der Waals surface area contributed by atoms with Gasteiger partial charge >= 0.3 is 6.09 Å². The van der Waals surface area contributed by atoms with Crippen molar-refractivity contribution >= 4 is 17.6 Å². The number of hydrogen-bond acceptors (Lipinski definition) is 3. The molecule has 3 rings (SSSR count). The number of benzene rings is 1. The van der Waals surface area contributed by atoms with E-state index in [0.717, 1.165) is 11.1 Å².